The third-order valence-electron chi connectivity index (χ3n) is 4.67. The van der Waals surface area contributed by atoms with E-state index in [-0.39, 0.29) is 19.4 Å². The quantitative estimate of drug-likeness (QED) is 0.559. The van der Waals surface area contributed by atoms with Crippen LogP contribution in [0.1, 0.15) is 31.9 Å². The van der Waals surface area contributed by atoms with Gasteiger partial charge in [0.2, 0.25) is 11.8 Å². The smallest absolute Gasteiger partial charge is 0.257 e. The van der Waals surface area contributed by atoms with Crippen LogP contribution >= 0.6 is 0 Å². The molecule has 0 saturated carbocycles. The second-order valence-corrected chi connectivity index (χ2v) is 6.69. The maximum atomic E-state index is 13.1. The molecule has 1 aromatic heterocycles. The molecule has 158 valence electrons. The number of carbonyl (C=O) groups is 4. The van der Waals surface area contributed by atoms with Crippen molar-refractivity contribution in [1.29, 1.82) is 0 Å². The van der Waals surface area contributed by atoms with Crippen molar-refractivity contribution in [2.45, 2.75) is 38.8 Å². The van der Waals surface area contributed by atoms with Gasteiger partial charge in [0.05, 0.1) is 31.5 Å². The molecule has 1 aliphatic heterocycles. The fraction of sp³-hybridized carbons (Fsp3) is 0.333. The molecule has 0 N–H and O–H groups in total. The van der Waals surface area contributed by atoms with Gasteiger partial charge in [-0.1, -0.05) is 0 Å². The fourth-order valence-electron chi connectivity index (χ4n) is 3.28. The van der Waals surface area contributed by atoms with Crippen molar-refractivity contribution in [1.82, 2.24) is 4.90 Å². The third-order valence-corrected chi connectivity index (χ3v) is 4.67. The Labute approximate surface area is 172 Å². The van der Waals surface area contributed by atoms with Gasteiger partial charge in [-0.3, -0.25) is 14.4 Å². The summed E-state index contributed by atoms with van der Waals surface area (Å²) in [6.45, 7) is 2.27. The number of hydrogen-bond donors (Lipinski definition) is 0. The van der Waals surface area contributed by atoms with Gasteiger partial charge < -0.3 is 24.0 Å². The SMILES string of the molecule is CCOc1ccc(N2C(=O)C[C@@H](N(Cc3ccco3)C(=O)CCC(=O)[O-])C2=O)cc1. The number of rotatable bonds is 9. The maximum absolute atomic E-state index is 13.1. The molecule has 1 aliphatic rings. The predicted molar refractivity (Wildman–Crippen MR) is 102 cm³/mol. The van der Waals surface area contributed by atoms with Crippen LogP contribution in [0, 0.1) is 0 Å². The molecular weight excluding hydrogens is 392 g/mol. The summed E-state index contributed by atoms with van der Waals surface area (Å²) in [5.74, 6) is -1.93. The number of amides is 3. The standard InChI is InChI=1S/C21H22N2O7/c1-2-29-15-7-5-14(6-8-15)23-19(25)12-17(21(23)28)22(13-16-4-3-11-30-16)18(24)9-10-20(26)27/h3-8,11,17H,2,9-10,12-13H2,1H3,(H,26,27)/p-1/t17-/m1/s1. The van der Waals surface area contributed by atoms with Crippen LogP contribution in [0.2, 0.25) is 0 Å². The highest BCUT2D eigenvalue weighted by Crippen LogP contribution is 2.28. The summed E-state index contributed by atoms with van der Waals surface area (Å²) >= 11 is 0. The molecule has 0 spiro atoms. The monoisotopic (exact) mass is 413 g/mol. The Morgan fingerprint density at radius 3 is 2.53 bits per heavy atom. The zero-order valence-corrected chi connectivity index (χ0v) is 16.4. The van der Waals surface area contributed by atoms with Crippen molar-refractivity contribution in [2.75, 3.05) is 11.5 Å². The summed E-state index contributed by atoms with van der Waals surface area (Å²) < 4.78 is 10.6. The topological polar surface area (TPSA) is 120 Å². The third kappa shape index (κ3) is 4.68. The van der Waals surface area contributed by atoms with E-state index in [1.165, 1.54) is 11.2 Å². The van der Waals surface area contributed by atoms with Crippen molar-refractivity contribution < 1.29 is 33.4 Å². The van der Waals surface area contributed by atoms with Crippen LogP contribution in [-0.4, -0.2) is 41.2 Å². The van der Waals surface area contributed by atoms with Gasteiger partial charge >= 0.3 is 0 Å². The van der Waals surface area contributed by atoms with Crippen LogP contribution in [0.5, 0.6) is 5.75 Å². The first kappa shape index (κ1) is 21.1. The lowest BCUT2D eigenvalue weighted by atomic mass is 10.1. The number of imide groups is 1. The van der Waals surface area contributed by atoms with Crippen LogP contribution < -0.4 is 14.7 Å². The second-order valence-electron chi connectivity index (χ2n) is 6.69. The van der Waals surface area contributed by atoms with Crippen LogP contribution in [0.4, 0.5) is 5.69 Å². The van der Waals surface area contributed by atoms with E-state index in [0.29, 0.717) is 23.8 Å². The lowest BCUT2D eigenvalue weighted by Gasteiger charge is -2.27. The lowest BCUT2D eigenvalue weighted by Crippen LogP contribution is -2.45. The Hall–Kier alpha value is -3.62. The highest BCUT2D eigenvalue weighted by molar-refractivity contribution is 6.23. The van der Waals surface area contributed by atoms with Crippen molar-refractivity contribution in [3.63, 3.8) is 0 Å². The number of nitrogens with zero attached hydrogens (tertiary/aromatic N) is 2. The first-order valence-corrected chi connectivity index (χ1v) is 9.52. The molecule has 0 aliphatic carbocycles. The molecule has 0 unspecified atom stereocenters. The van der Waals surface area contributed by atoms with Gasteiger partial charge in [-0.2, -0.15) is 0 Å². The van der Waals surface area contributed by atoms with Crippen molar-refractivity contribution in [3.8, 4) is 5.75 Å². The molecule has 3 amide bonds. The number of carboxylic acids is 1. The van der Waals surface area contributed by atoms with Gasteiger partial charge in [0.15, 0.2) is 0 Å². The van der Waals surface area contributed by atoms with Crippen molar-refractivity contribution in [2.24, 2.45) is 0 Å². The number of carbonyl (C=O) groups excluding carboxylic acids is 4. The Morgan fingerprint density at radius 1 is 1.20 bits per heavy atom. The van der Waals surface area contributed by atoms with E-state index in [1.807, 2.05) is 6.92 Å². The van der Waals surface area contributed by atoms with Gasteiger partial charge in [0.1, 0.15) is 17.6 Å². The minimum absolute atomic E-state index is 0.0559. The van der Waals surface area contributed by atoms with Gasteiger partial charge in [-0.25, -0.2) is 4.90 Å². The second kappa shape index (κ2) is 9.25. The lowest BCUT2D eigenvalue weighted by molar-refractivity contribution is -0.305. The molecule has 1 saturated heterocycles. The normalized spacial score (nSPS) is 16.0. The summed E-state index contributed by atoms with van der Waals surface area (Å²) in [6, 6.07) is 8.70. The molecule has 1 fully saturated rings. The first-order chi connectivity index (χ1) is 14.4. The van der Waals surface area contributed by atoms with Crippen LogP contribution in [0.15, 0.2) is 47.1 Å². The largest absolute Gasteiger partial charge is 0.550 e. The number of anilines is 1. The zero-order chi connectivity index (χ0) is 21.7. The number of furan rings is 1. The van der Waals surface area contributed by atoms with Crippen LogP contribution in [-0.2, 0) is 25.7 Å². The molecule has 0 bridgehead atoms. The van der Waals surface area contributed by atoms with E-state index in [2.05, 4.69) is 0 Å². The summed E-state index contributed by atoms with van der Waals surface area (Å²) in [5, 5.41) is 10.8. The van der Waals surface area contributed by atoms with Crippen LogP contribution in [0.3, 0.4) is 0 Å². The summed E-state index contributed by atoms with van der Waals surface area (Å²) in [7, 11) is 0. The molecular formula is C21H21N2O7-. The molecule has 30 heavy (non-hydrogen) atoms. The molecule has 9 heteroatoms. The van der Waals surface area contributed by atoms with E-state index in [1.54, 1.807) is 36.4 Å². The van der Waals surface area contributed by atoms with E-state index >= 15 is 0 Å². The minimum Gasteiger partial charge on any atom is -0.550 e. The van der Waals surface area contributed by atoms with Crippen LogP contribution in [0.25, 0.3) is 0 Å². The number of carboxylic acid groups (broad SMARTS) is 1. The van der Waals surface area contributed by atoms with E-state index in [9.17, 15) is 24.3 Å². The van der Waals surface area contributed by atoms with Gasteiger partial charge in [0, 0.05) is 12.4 Å². The van der Waals surface area contributed by atoms with E-state index in [4.69, 9.17) is 9.15 Å². The highest BCUT2D eigenvalue weighted by atomic mass is 16.5. The van der Waals surface area contributed by atoms with Gasteiger partial charge in [0.25, 0.3) is 5.91 Å². The maximum Gasteiger partial charge on any atom is 0.257 e. The number of ether oxygens (including phenoxy) is 1. The summed E-state index contributed by atoms with van der Waals surface area (Å²) in [4.78, 5) is 51.3. The molecule has 3 rings (SSSR count). The molecule has 2 aromatic rings. The van der Waals surface area contributed by atoms with Crippen molar-refractivity contribution >= 4 is 29.4 Å². The van der Waals surface area contributed by atoms with Gasteiger partial charge in [-0.05, 0) is 49.7 Å². The average Bonchev–Trinajstić information content (AvgIpc) is 3.33. The number of aliphatic carboxylic acids is 1. The summed E-state index contributed by atoms with van der Waals surface area (Å²) in [6.07, 6.45) is 0.395. The highest BCUT2D eigenvalue weighted by Gasteiger charge is 2.44. The molecule has 9 nitrogen and oxygen atoms in total. The molecule has 1 aromatic carbocycles. The average molecular weight is 413 g/mol. The Morgan fingerprint density at radius 2 is 1.93 bits per heavy atom. The number of hydrogen-bond acceptors (Lipinski definition) is 7. The van der Waals surface area contributed by atoms with E-state index < -0.39 is 36.2 Å². The Bertz CT molecular complexity index is 921. The minimum atomic E-state index is -1.37. The first-order valence-electron chi connectivity index (χ1n) is 9.52. The number of benzene rings is 1. The fourth-order valence-corrected chi connectivity index (χ4v) is 3.28. The van der Waals surface area contributed by atoms with E-state index in [0.717, 1.165) is 4.90 Å². The Kier molecular flexibility index (Phi) is 6.51. The molecule has 1 atom stereocenters. The Balaban J connectivity index is 1.82. The predicted octanol–water partition coefficient (Wildman–Crippen LogP) is 0.869. The molecule has 0 radical (unpaired) electrons. The van der Waals surface area contributed by atoms with Crippen molar-refractivity contribution in [3.05, 3.63) is 48.4 Å². The summed E-state index contributed by atoms with van der Waals surface area (Å²) in [5.41, 5.74) is 0.371. The zero-order valence-electron chi connectivity index (χ0n) is 16.4. The molecule has 2 heterocycles. The van der Waals surface area contributed by atoms with Gasteiger partial charge in [-0.15, -0.1) is 0 Å².